The molecule has 2 atom stereocenters. The molecule has 2 unspecified atom stereocenters. The van der Waals surface area contributed by atoms with Gasteiger partial charge >= 0.3 is 8.25 Å². The van der Waals surface area contributed by atoms with Crippen LogP contribution in [0.25, 0.3) is 0 Å². The molecule has 0 saturated carbocycles. The van der Waals surface area contributed by atoms with E-state index in [1.54, 1.807) is 0 Å². The van der Waals surface area contributed by atoms with Gasteiger partial charge in [-0.3, -0.25) is 0 Å². The standard InChI is InChI=1S/C2H4ClO3P/c1-2(3)6-7(4)5/h2H,1H3. The zero-order valence-corrected chi connectivity index (χ0v) is 5.28. The molecule has 7 heavy (non-hydrogen) atoms. The third kappa shape index (κ3) is 6.31. The Morgan fingerprint density at radius 1 is 2.00 bits per heavy atom. The topological polar surface area (TPSA) is 49.4 Å². The quantitative estimate of drug-likeness (QED) is 0.419. The number of hydrogen-bond acceptors (Lipinski definition) is 3. The molecule has 0 heterocycles. The van der Waals surface area contributed by atoms with Crippen LogP contribution in [0.2, 0.25) is 0 Å². The van der Waals surface area contributed by atoms with E-state index in [0.717, 1.165) is 0 Å². The van der Waals surface area contributed by atoms with E-state index in [4.69, 9.17) is 11.6 Å². The number of hydrogen-bond donors (Lipinski definition) is 0. The van der Waals surface area contributed by atoms with Crippen LogP contribution in [0.1, 0.15) is 6.92 Å². The molecule has 0 fully saturated rings. The van der Waals surface area contributed by atoms with Crippen molar-refractivity contribution in [3.8, 4) is 0 Å². The van der Waals surface area contributed by atoms with Gasteiger partial charge in [0.1, 0.15) is 0 Å². The summed E-state index contributed by atoms with van der Waals surface area (Å²) in [6.45, 7) is 1.42. The van der Waals surface area contributed by atoms with Gasteiger partial charge in [-0.25, -0.2) is 0 Å². The van der Waals surface area contributed by atoms with Crippen LogP contribution >= 0.6 is 19.9 Å². The largest absolute Gasteiger partial charge is 0.566 e. The van der Waals surface area contributed by atoms with Gasteiger partial charge in [0.05, 0.1) is 0 Å². The second-order valence-electron chi connectivity index (χ2n) is 0.872. The average Bonchev–Trinajstić information content (AvgIpc) is 1.27. The number of alkyl halides is 1. The molecular weight excluding hydrogens is 138 g/mol. The van der Waals surface area contributed by atoms with Gasteiger partial charge in [0.2, 0.25) is 0 Å². The first kappa shape index (κ1) is 7.31. The summed E-state index contributed by atoms with van der Waals surface area (Å²) in [5, 5.41) is 0. The molecule has 0 spiro atoms. The van der Waals surface area contributed by atoms with Crippen molar-refractivity contribution >= 4 is 19.9 Å². The molecule has 0 aromatic heterocycles. The van der Waals surface area contributed by atoms with Crippen molar-refractivity contribution < 1.29 is 14.0 Å². The molecule has 5 heteroatoms. The van der Waals surface area contributed by atoms with Crippen LogP contribution < -0.4 is 4.89 Å². The summed E-state index contributed by atoms with van der Waals surface area (Å²) < 4.78 is 13.5. The summed E-state index contributed by atoms with van der Waals surface area (Å²) in [7, 11) is -2.77. The van der Waals surface area contributed by atoms with Gasteiger partial charge in [0, 0.05) is 0 Å². The van der Waals surface area contributed by atoms with Crippen LogP contribution in [0.4, 0.5) is 0 Å². The highest BCUT2D eigenvalue weighted by atomic mass is 35.5. The van der Waals surface area contributed by atoms with Crippen LogP contribution in [0.5, 0.6) is 0 Å². The van der Waals surface area contributed by atoms with E-state index in [9.17, 15) is 9.46 Å². The summed E-state index contributed by atoms with van der Waals surface area (Å²) in [5.74, 6) is 0. The first-order valence-corrected chi connectivity index (χ1v) is 3.11. The molecule has 0 saturated heterocycles. The van der Waals surface area contributed by atoms with E-state index in [1.165, 1.54) is 6.92 Å². The third-order valence-corrected chi connectivity index (χ3v) is 0.933. The minimum absolute atomic E-state index is 0.749. The molecule has 0 amide bonds. The third-order valence-electron chi connectivity index (χ3n) is 0.231. The lowest BCUT2D eigenvalue weighted by Crippen LogP contribution is -1.96. The van der Waals surface area contributed by atoms with Crippen molar-refractivity contribution in [3.63, 3.8) is 0 Å². The molecule has 0 radical (unpaired) electrons. The first-order valence-electron chi connectivity index (χ1n) is 1.58. The zero-order valence-electron chi connectivity index (χ0n) is 3.63. The Bertz CT molecular complexity index is 73.3. The minimum Gasteiger partial charge on any atom is -0.566 e. The Kier molecular flexibility index (Phi) is 3.48. The van der Waals surface area contributed by atoms with Crippen LogP contribution in [0.15, 0.2) is 0 Å². The Morgan fingerprint density at radius 3 is 2.43 bits per heavy atom. The average molecular weight is 142 g/mol. The molecule has 0 aromatic rings. The molecule has 0 aliphatic rings. The van der Waals surface area contributed by atoms with Gasteiger partial charge in [-0.1, -0.05) is 11.6 Å². The normalized spacial score (nSPS) is 16.1. The number of halogens is 1. The van der Waals surface area contributed by atoms with Crippen molar-refractivity contribution in [3.05, 3.63) is 0 Å². The fourth-order valence-electron chi connectivity index (χ4n) is 0.119. The predicted molar refractivity (Wildman–Crippen MR) is 24.0 cm³/mol. The van der Waals surface area contributed by atoms with E-state index in [0.29, 0.717) is 0 Å². The molecule has 0 aliphatic carbocycles. The van der Waals surface area contributed by atoms with Crippen LogP contribution in [0.3, 0.4) is 0 Å². The van der Waals surface area contributed by atoms with E-state index in [-0.39, 0.29) is 0 Å². The second kappa shape index (κ2) is 3.33. The van der Waals surface area contributed by atoms with E-state index in [2.05, 4.69) is 4.52 Å². The lowest BCUT2D eigenvalue weighted by Gasteiger charge is -1.89. The summed E-state index contributed by atoms with van der Waals surface area (Å²) in [5.41, 5.74) is -0.749. The maximum absolute atomic E-state index is 9.54. The smallest absolute Gasteiger partial charge is 0.489 e. The molecule has 0 rings (SSSR count). The zero-order chi connectivity index (χ0) is 5.86. The summed E-state index contributed by atoms with van der Waals surface area (Å²) >= 11 is 5.07. The van der Waals surface area contributed by atoms with Gasteiger partial charge in [0.15, 0.2) is 5.56 Å². The highest BCUT2D eigenvalue weighted by molar-refractivity contribution is 7.30. The maximum Gasteiger partial charge on any atom is 0.489 e. The van der Waals surface area contributed by atoms with Crippen molar-refractivity contribution in [2.24, 2.45) is 0 Å². The van der Waals surface area contributed by atoms with Crippen molar-refractivity contribution in [2.75, 3.05) is 0 Å². The molecule has 42 valence electrons. The van der Waals surface area contributed by atoms with Crippen LogP contribution in [0, 0.1) is 0 Å². The summed E-state index contributed by atoms with van der Waals surface area (Å²) in [4.78, 5) is 9.54. The minimum atomic E-state index is -2.77. The highest BCUT2D eigenvalue weighted by Gasteiger charge is 2.05. The van der Waals surface area contributed by atoms with E-state index < -0.39 is 13.8 Å². The molecule has 0 N–H and O–H groups in total. The summed E-state index contributed by atoms with van der Waals surface area (Å²) in [6, 6.07) is 0. The molecule has 0 bridgehead atoms. The lowest BCUT2D eigenvalue weighted by molar-refractivity contribution is -0.186. The van der Waals surface area contributed by atoms with Crippen molar-refractivity contribution in [1.82, 2.24) is 0 Å². The Labute approximate surface area is 47.2 Å². The van der Waals surface area contributed by atoms with Gasteiger partial charge in [0.25, 0.3) is 0 Å². The van der Waals surface area contributed by atoms with Gasteiger partial charge in [-0.15, -0.1) is 4.52 Å². The van der Waals surface area contributed by atoms with Gasteiger partial charge in [-0.05, 0) is 11.5 Å². The van der Waals surface area contributed by atoms with E-state index >= 15 is 0 Å². The highest BCUT2D eigenvalue weighted by Crippen LogP contribution is 2.14. The maximum atomic E-state index is 9.54. The molecule has 0 aromatic carbocycles. The van der Waals surface area contributed by atoms with Gasteiger partial charge in [-0.2, -0.15) is 0 Å². The molecule has 3 nitrogen and oxygen atoms in total. The molecule has 0 aliphatic heterocycles. The number of rotatable bonds is 2. The SMILES string of the molecule is CC(Cl)O[P+](=O)[O-]. The predicted octanol–water partition coefficient (Wildman–Crippen LogP) is 0.605. The molecular formula is C2H4ClO3P. The van der Waals surface area contributed by atoms with E-state index in [1.807, 2.05) is 0 Å². The first-order chi connectivity index (χ1) is 3.13. The Morgan fingerprint density at radius 2 is 2.43 bits per heavy atom. The second-order valence-corrected chi connectivity index (χ2v) is 2.14. The van der Waals surface area contributed by atoms with Crippen molar-refractivity contribution in [2.45, 2.75) is 12.5 Å². The van der Waals surface area contributed by atoms with Crippen molar-refractivity contribution in [1.29, 1.82) is 0 Å². The summed E-state index contributed by atoms with van der Waals surface area (Å²) in [6.07, 6.45) is 0. The van der Waals surface area contributed by atoms with Crippen LogP contribution in [-0.4, -0.2) is 5.56 Å². The fraction of sp³-hybridized carbons (Fsp3) is 1.00. The van der Waals surface area contributed by atoms with Gasteiger partial charge < -0.3 is 4.89 Å². The Balaban J connectivity index is 3.13. The fourth-order valence-corrected chi connectivity index (χ4v) is 0.551. The Hall–Kier alpha value is 0.310. The monoisotopic (exact) mass is 142 g/mol. The van der Waals surface area contributed by atoms with Crippen LogP contribution in [-0.2, 0) is 9.09 Å². The lowest BCUT2D eigenvalue weighted by atomic mass is 10.9.